The summed E-state index contributed by atoms with van der Waals surface area (Å²) >= 11 is 4.41. The lowest BCUT2D eigenvalue weighted by molar-refractivity contribution is 0.699. The molecule has 0 spiro atoms. The maximum absolute atomic E-state index is 10.6. The second kappa shape index (κ2) is 9.16. The Morgan fingerprint density at radius 1 is 1.71 bits per heavy atom. The van der Waals surface area contributed by atoms with Crippen molar-refractivity contribution in [1.29, 1.82) is 0 Å². The lowest BCUT2D eigenvalue weighted by atomic mass is 11.2. The van der Waals surface area contributed by atoms with Crippen LogP contribution in [0.3, 0.4) is 0 Å². The molecule has 0 aliphatic carbocycles. The van der Waals surface area contributed by atoms with E-state index < -0.39 is 5.29 Å². The second-order valence-corrected chi connectivity index (χ2v) is 0.903. The molecule has 0 bridgehead atoms. The first-order valence-corrected chi connectivity index (χ1v) is 1.74. The van der Waals surface area contributed by atoms with Gasteiger partial charge in [-0.15, -0.1) is 0 Å². The van der Waals surface area contributed by atoms with Gasteiger partial charge in [-0.1, -0.05) is 24.8 Å². The smallest absolute Gasteiger partial charge is 0.181 e. The number of rotatable bonds is 0. The molecule has 0 heterocycles. The molecule has 0 aromatic heterocycles. The fourth-order valence-corrected chi connectivity index (χ4v) is 0. The Balaban J connectivity index is 0. The molecule has 0 aromatic rings. The Hall–Kier alpha value is -0.370. The van der Waals surface area contributed by atoms with Crippen molar-refractivity contribution in [2.45, 2.75) is 0 Å². The van der Waals surface area contributed by atoms with E-state index in [9.17, 15) is 8.78 Å². The maximum Gasteiger partial charge on any atom is 0.181 e. The van der Waals surface area contributed by atoms with Crippen LogP contribution in [0.5, 0.6) is 0 Å². The van der Waals surface area contributed by atoms with Crippen LogP contribution in [0, 0.1) is 0 Å². The molecular weight excluding hydrogens is 121 g/mol. The highest BCUT2D eigenvalue weighted by atomic mass is 35.5. The lowest BCUT2D eigenvalue weighted by Gasteiger charge is -1.55. The molecule has 3 heteroatoms. The van der Waals surface area contributed by atoms with Gasteiger partial charge in [-0.2, -0.15) is 4.39 Å². The molecule has 0 aliphatic rings. The van der Waals surface area contributed by atoms with Gasteiger partial charge in [-0.25, -0.2) is 4.39 Å². The Morgan fingerprint density at radius 2 is 1.71 bits per heavy atom. The van der Waals surface area contributed by atoms with Crippen molar-refractivity contribution >= 4 is 11.6 Å². The standard InChI is InChI=1S/C2H2ClF.C2H3F/c1-2(3)4;1-2-3/h1H2;2H,1H2. The molecule has 0 saturated carbocycles. The Bertz CT molecular complexity index is 56.7. The van der Waals surface area contributed by atoms with Crippen LogP contribution in [0.4, 0.5) is 8.78 Å². The first-order valence-electron chi connectivity index (χ1n) is 1.36. The van der Waals surface area contributed by atoms with Gasteiger partial charge in [0.25, 0.3) is 0 Å². The van der Waals surface area contributed by atoms with Crippen LogP contribution in [0.25, 0.3) is 0 Å². The van der Waals surface area contributed by atoms with Crippen LogP contribution in [-0.2, 0) is 0 Å². The molecule has 0 atom stereocenters. The molecule has 0 saturated heterocycles. The summed E-state index contributed by atoms with van der Waals surface area (Å²) in [4.78, 5) is 0. The third-order valence-corrected chi connectivity index (χ3v) is 0. The summed E-state index contributed by atoms with van der Waals surface area (Å²) in [5.74, 6) is 0. The van der Waals surface area contributed by atoms with Gasteiger partial charge >= 0.3 is 0 Å². The fraction of sp³-hybridized carbons (Fsp3) is 0. The highest BCUT2D eigenvalue weighted by Crippen LogP contribution is 1.92. The molecule has 0 rings (SSSR count). The van der Waals surface area contributed by atoms with Crippen molar-refractivity contribution in [3.63, 3.8) is 0 Å². The largest absolute Gasteiger partial charge is 0.216 e. The summed E-state index contributed by atoms with van der Waals surface area (Å²) in [6, 6.07) is 0. The van der Waals surface area contributed by atoms with E-state index in [4.69, 9.17) is 0 Å². The predicted octanol–water partition coefficient (Wildman–Crippen LogP) is 2.77. The van der Waals surface area contributed by atoms with Gasteiger partial charge in [-0.3, -0.25) is 0 Å². The zero-order chi connectivity index (χ0) is 6.28. The van der Waals surface area contributed by atoms with E-state index in [1.165, 1.54) is 0 Å². The normalized spacial score (nSPS) is 5.57. The van der Waals surface area contributed by atoms with Gasteiger partial charge in [0.1, 0.15) is 0 Å². The van der Waals surface area contributed by atoms with Crippen LogP contribution in [0.2, 0.25) is 0 Å². The Morgan fingerprint density at radius 3 is 1.71 bits per heavy atom. The number of hydrogen-bond donors (Lipinski definition) is 0. The van der Waals surface area contributed by atoms with Crippen LogP contribution in [0.1, 0.15) is 0 Å². The van der Waals surface area contributed by atoms with Gasteiger partial charge in [0.05, 0.1) is 6.33 Å². The summed E-state index contributed by atoms with van der Waals surface area (Å²) in [6.07, 6.45) is 0.250. The SMILES string of the molecule is C=C(F)Cl.C=CF. The van der Waals surface area contributed by atoms with Gasteiger partial charge in [0.2, 0.25) is 0 Å². The van der Waals surface area contributed by atoms with E-state index in [1.807, 2.05) is 0 Å². The van der Waals surface area contributed by atoms with Crippen molar-refractivity contribution in [2.24, 2.45) is 0 Å². The Labute approximate surface area is 46.1 Å². The van der Waals surface area contributed by atoms with E-state index in [0.29, 0.717) is 0 Å². The molecule has 0 aromatic carbocycles. The molecule has 0 radical (unpaired) electrons. The number of hydrogen-bond acceptors (Lipinski definition) is 0. The molecular formula is C4H5ClF2. The van der Waals surface area contributed by atoms with Crippen molar-refractivity contribution in [1.82, 2.24) is 0 Å². The highest BCUT2D eigenvalue weighted by molar-refractivity contribution is 6.27. The first-order chi connectivity index (χ1) is 3.15. The molecule has 0 N–H and O–H groups in total. The fourth-order valence-electron chi connectivity index (χ4n) is 0. The summed E-state index contributed by atoms with van der Waals surface area (Å²) in [7, 11) is 0. The molecule has 0 amide bonds. The van der Waals surface area contributed by atoms with Crippen LogP contribution in [0.15, 0.2) is 24.8 Å². The van der Waals surface area contributed by atoms with Crippen molar-refractivity contribution < 1.29 is 8.78 Å². The minimum Gasteiger partial charge on any atom is -0.216 e. The minimum absolute atomic E-state index is 0.250. The summed E-state index contributed by atoms with van der Waals surface area (Å²) < 4.78 is 20.6. The monoisotopic (exact) mass is 126 g/mol. The zero-order valence-electron chi connectivity index (χ0n) is 3.63. The molecule has 0 unspecified atom stereocenters. The van der Waals surface area contributed by atoms with E-state index >= 15 is 0 Å². The molecule has 0 aliphatic heterocycles. The van der Waals surface area contributed by atoms with E-state index in [0.717, 1.165) is 0 Å². The summed E-state index contributed by atoms with van der Waals surface area (Å²) in [6.45, 7) is 5.35. The third-order valence-electron chi connectivity index (χ3n) is 0. The van der Waals surface area contributed by atoms with Gasteiger partial charge in [-0.05, 0) is 0 Å². The van der Waals surface area contributed by atoms with Gasteiger partial charge in [0, 0.05) is 0 Å². The minimum atomic E-state index is -0.861. The van der Waals surface area contributed by atoms with E-state index in [-0.39, 0.29) is 6.33 Å². The maximum atomic E-state index is 10.6. The van der Waals surface area contributed by atoms with Crippen molar-refractivity contribution in [2.75, 3.05) is 0 Å². The number of halogens is 3. The predicted molar refractivity (Wildman–Crippen MR) is 27.4 cm³/mol. The quantitative estimate of drug-likeness (QED) is 0.468. The van der Waals surface area contributed by atoms with Gasteiger partial charge in [0.15, 0.2) is 5.29 Å². The first kappa shape index (κ1) is 9.80. The van der Waals surface area contributed by atoms with Crippen molar-refractivity contribution in [3.8, 4) is 0 Å². The average Bonchev–Trinajstić information content (AvgIpc) is 1.33. The third kappa shape index (κ3) is 542. The van der Waals surface area contributed by atoms with Crippen molar-refractivity contribution in [3.05, 3.63) is 24.8 Å². The highest BCUT2D eigenvalue weighted by Gasteiger charge is 1.63. The van der Waals surface area contributed by atoms with Crippen LogP contribution < -0.4 is 0 Å². The summed E-state index contributed by atoms with van der Waals surface area (Å²) in [5, 5.41) is -0.861. The van der Waals surface area contributed by atoms with E-state index in [2.05, 4.69) is 24.8 Å². The molecule has 0 nitrogen and oxygen atoms in total. The second-order valence-electron chi connectivity index (χ2n) is 0.493. The molecule has 0 fully saturated rings. The van der Waals surface area contributed by atoms with Crippen LogP contribution in [-0.4, -0.2) is 0 Å². The van der Waals surface area contributed by atoms with E-state index in [1.54, 1.807) is 0 Å². The molecule has 42 valence electrons. The zero-order valence-corrected chi connectivity index (χ0v) is 4.38. The Kier molecular flexibility index (Phi) is 12.8. The lowest BCUT2D eigenvalue weighted by Crippen LogP contribution is -1.28. The average molecular weight is 127 g/mol. The van der Waals surface area contributed by atoms with Crippen LogP contribution >= 0.6 is 11.6 Å². The summed E-state index contributed by atoms with van der Waals surface area (Å²) in [5.41, 5.74) is 0. The van der Waals surface area contributed by atoms with Gasteiger partial charge < -0.3 is 0 Å². The molecule has 7 heavy (non-hydrogen) atoms. The topological polar surface area (TPSA) is 0 Å².